The molecule has 0 amide bonds. The molecule has 8 heteroatoms. The fourth-order valence-electron chi connectivity index (χ4n) is 5.14. The average Bonchev–Trinajstić information content (AvgIpc) is 3.30. The summed E-state index contributed by atoms with van der Waals surface area (Å²) in [6.07, 6.45) is 3.68. The van der Waals surface area contributed by atoms with Crippen molar-refractivity contribution in [2.24, 2.45) is 0 Å². The van der Waals surface area contributed by atoms with Crippen LogP contribution in [-0.4, -0.2) is 39.3 Å². The Labute approximate surface area is 185 Å². The van der Waals surface area contributed by atoms with Gasteiger partial charge in [-0.2, -0.15) is 9.37 Å². The van der Waals surface area contributed by atoms with Crippen molar-refractivity contribution >= 4 is 16.5 Å². The summed E-state index contributed by atoms with van der Waals surface area (Å²) in [5.41, 5.74) is 3.54. The Balaban J connectivity index is 1.45. The predicted octanol–water partition coefficient (Wildman–Crippen LogP) is 4.98. The summed E-state index contributed by atoms with van der Waals surface area (Å²) in [5.74, 6) is 0.195. The van der Waals surface area contributed by atoms with Crippen molar-refractivity contribution in [1.29, 1.82) is 0 Å². The second kappa shape index (κ2) is 7.03. The molecule has 0 unspecified atom stereocenters. The van der Waals surface area contributed by atoms with Crippen LogP contribution in [0.5, 0.6) is 5.88 Å². The zero-order valence-electron chi connectivity index (χ0n) is 18.5. The number of thiazole rings is 1. The van der Waals surface area contributed by atoms with Gasteiger partial charge in [0.15, 0.2) is 5.13 Å². The Morgan fingerprint density at radius 2 is 1.90 bits per heavy atom. The highest BCUT2D eigenvalue weighted by Crippen LogP contribution is 2.46. The second-order valence-electron chi connectivity index (χ2n) is 9.95. The van der Waals surface area contributed by atoms with Crippen LogP contribution in [0.1, 0.15) is 46.1 Å². The maximum Gasteiger partial charge on any atom is 0.240 e. The first-order valence-electron chi connectivity index (χ1n) is 10.6. The number of anilines is 1. The van der Waals surface area contributed by atoms with Crippen LogP contribution < -0.4 is 15.0 Å². The van der Waals surface area contributed by atoms with E-state index < -0.39 is 5.95 Å². The van der Waals surface area contributed by atoms with Crippen molar-refractivity contribution in [3.63, 3.8) is 0 Å². The molecule has 1 fully saturated rings. The number of nitrogens with zero attached hydrogens (tertiary/aromatic N) is 3. The van der Waals surface area contributed by atoms with Gasteiger partial charge in [-0.1, -0.05) is 23.5 Å². The third kappa shape index (κ3) is 3.72. The number of rotatable bonds is 3. The van der Waals surface area contributed by atoms with E-state index in [9.17, 15) is 4.39 Å². The molecular formula is C23H28FN5OS. The van der Waals surface area contributed by atoms with Gasteiger partial charge in [0.1, 0.15) is 11.5 Å². The monoisotopic (exact) mass is 441 g/mol. The number of hydrogen-bond donors (Lipinski definition) is 2. The van der Waals surface area contributed by atoms with Gasteiger partial charge < -0.3 is 15.0 Å². The Morgan fingerprint density at radius 1 is 1.16 bits per heavy atom. The molecule has 0 saturated carbocycles. The van der Waals surface area contributed by atoms with Crippen LogP contribution in [0.4, 0.5) is 9.52 Å². The standard InChI is InChI=1S/C23H28FN5OS/c1-22(2)9-15(10-23(3,4)28-22)29(5)21-26-20-18(31-21)16-7-6-13(8-14(16)12-30-20)17-11-25-27-19(17)24/h6-8,11,15,28H,9-10,12H2,1-5H3,(H,25,27). The van der Waals surface area contributed by atoms with E-state index in [1.54, 1.807) is 17.5 Å². The van der Waals surface area contributed by atoms with E-state index in [1.165, 1.54) is 0 Å². The quantitative estimate of drug-likeness (QED) is 0.600. The summed E-state index contributed by atoms with van der Waals surface area (Å²) < 4.78 is 19.9. The topological polar surface area (TPSA) is 66.1 Å². The molecule has 0 radical (unpaired) electrons. The highest BCUT2D eigenvalue weighted by molar-refractivity contribution is 7.19. The highest BCUT2D eigenvalue weighted by atomic mass is 32.1. The van der Waals surface area contributed by atoms with Crippen molar-refractivity contribution in [3.8, 4) is 27.4 Å². The number of piperidine rings is 1. The summed E-state index contributed by atoms with van der Waals surface area (Å²) in [6, 6.07) is 6.34. The molecule has 4 heterocycles. The number of fused-ring (bicyclic) bond motifs is 3. The molecule has 6 nitrogen and oxygen atoms in total. The molecule has 2 aliphatic heterocycles. The molecule has 164 valence electrons. The van der Waals surface area contributed by atoms with Gasteiger partial charge in [-0.05, 0) is 57.7 Å². The third-order valence-electron chi connectivity index (χ3n) is 6.22. The maximum atomic E-state index is 13.9. The maximum absolute atomic E-state index is 13.9. The zero-order chi connectivity index (χ0) is 22.0. The average molecular weight is 442 g/mol. The minimum Gasteiger partial charge on any atom is -0.472 e. The summed E-state index contributed by atoms with van der Waals surface area (Å²) in [5, 5.41) is 10.9. The number of aromatic nitrogens is 3. The van der Waals surface area contributed by atoms with Crippen LogP contribution in [0.25, 0.3) is 21.6 Å². The van der Waals surface area contributed by atoms with Crippen LogP contribution in [0, 0.1) is 5.95 Å². The van der Waals surface area contributed by atoms with E-state index in [-0.39, 0.29) is 11.1 Å². The molecule has 0 atom stereocenters. The van der Waals surface area contributed by atoms with Gasteiger partial charge >= 0.3 is 0 Å². The van der Waals surface area contributed by atoms with Crippen molar-refractivity contribution < 1.29 is 9.13 Å². The summed E-state index contributed by atoms with van der Waals surface area (Å²) in [4.78, 5) is 8.18. The number of ether oxygens (including phenoxy) is 1. The smallest absolute Gasteiger partial charge is 0.240 e. The van der Waals surface area contributed by atoms with Crippen LogP contribution in [0.15, 0.2) is 24.4 Å². The number of H-pyrrole nitrogens is 1. The highest BCUT2D eigenvalue weighted by Gasteiger charge is 2.40. The fraction of sp³-hybridized carbons (Fsp3) is 0.478. The van der Waals surface area contributed by atoms with Crippen molar-refractivity contribution in [2.45, 2.75) is 64.3 Å². The van der Waals surface area contributed by atoms with E-state index in [0.29, 0.717) is 24.1 Å². The number of hydrogen-bond acceptors (Lipinski definition) is 6. The molecule has 0 spiro atoms. The van der Waals surface area contributed by atoms with Crippen molar-refractivity contribution in [3.05, 3.63) is 35.9 Å². The lowest BCUT2D eigenvalue weighted by Crippen LogP contribution is -2.61. The molecule has 0 bridgehead atoms. The van der Waals surface area contributed by atoms with Crippen molar-refractivity contribution in [2.75, 3.05) is 11.9 Å². The molecule has 2 aliphatic rings. The van der Waals surface area contributed by atoms with Crippen molar-refractivity contribution in [1.82, 2.24) is 20.5 Å². The summed E-state index contributed by atoms with van der Waals surface area (Å²) >= 11 is 1.66. The lowest BCUT2D eigenvalue weighted by atomic mass is 9.79. The Hall–Kier alpha value is -2.45. The van der Waals surface area contributed by atoms with Crippen LogP contribution in [-0.2, 0) is 6.61 Å². The Morgan fingerprint density at radius 3 is 2.58 bits per heavy atom. The van der Waals surface area contributed by atoms with Gasteiger partial charge in [-0.25, -0.2) is 0 Å². The second-order valence-corrected chi connectivity index (χ2v) is 10.9. The van der Waals surface area contributed by atoms with E-state index >= 15 is 0 Å². The van der Waals surface area contributed by atoms with E-state index in [1.807, 2.05) is 18.2 Å². The van der Waals surface area contributed by atoms with E-state index in [4.69, 9.17) is 9.72 Å². The molecule has 31 heavy (non-hydrogen) atoms. The minimum absolute atomic E-state index is 0.0689. The summed E-state index contributed by atoms with van der Waals surface area (Å²) in [6.45, 7) is 9.49. The van der Waals surface area contributed by atoms with Gasteiger partial charge in [-0.15, -0.1) is 5.10 Å². The van der Waals surface area contributed by atoms with Crippen LogP contribution >= 0.6 is 11.3 Å². The molecule has 5 rings (SSSR count). The normalized spacial score (nSPS) is 19.4. The number of benzene rings is 1. The molecule has 0 aliphatic carbocycles. The molecule has 2 N–H and O–H groups in total. The number of nitrogens with one attached hydrogen (secondary N) is 2. The van der Waals surface area contributed by atoms with Gasteiger partial charge in [0, 0.05) is 35.9 Å². The van der Waals surface area contributed by atoms with Gasteiger partial charge in [0.25, 0.3) is 0 Å². The zero-order valence-corrected chi connectivity index (χ0v) is 19.4. The molecule has 1 saturated heterocycles. The molecule has 1 aromatic carbocycles. The first kappa shape index (κ1) is 20.5. The summed E-state index contributed by atoms with van der Waals surface area (Å²) in [7, 11) is 2.14. The fourth-order valence-corrected chi connectivity index (χ4v) is 6.24. The largest absolute Gasteiger partial charge is 0.472 e. The van der Waals surface area contributed by atoms with Crippen LogP contribution in [0.3, 0.4) is 0 Å². The van der Waals surface area contributed by atoms with Gasteiger partial charge in [-0.3, -0.25) is 5.10 Å². The van der Waals surface area contributed by atoms with Gasteiger partial charge in [0.2, 0.25) is 11.8 Å². The SMILES string of the molecule is CN(c1nc2c(s1)-c1ccc(-c3c[nH]nc3F)cc1CO2)C1CC(C)(C)NC(C)(C)C1. The van der Waals surface area contributed by atoms with Gasteiger partial charge in [0.05, 0.1) is 5.56 Å². The predicted molar refractivity (Wildman–Crippen MR) is 122 cm³/mol. The first-order chi connectivity index (χ1) is 14.6. The lowest BCUT2D eigenvalue weighted by Gasteiger charge is -2.48. The van der Waals surface area contributed by atoms with Crippen LogP contribution in [0.2, 0.25) is 0 Å². The lowest BCUT2D eigenvalue weighted by molar-refractivity contribution is 0.161. The Kier molecular flexibility index (Phi) is 4.64. The number of halogens is 1. The minimum atomic E-state index is -0.494. The first-order valence-corrected chi connectivity index (χ1v) is 11.4. The molecule has 3 aromatic rings. The van der Waals surface area contributed by atoms with E-state index in [2.05, 4.69) is 55.2 Å². The molecular weight excluding hydrogens is 413 g/mol. The molecule has 2 aromatic heterocycles. The number of aromatic amines is 1. The van der Waals surface area contributed by atoms with E-state index in [0.717, 1.165) is 39.5 Å². The third-order valence-corrected chi connectivity index (χ3v) is 7.38. The Bertz CT molecular complexity index is 1120.